The van der Waals surface area contributed by atoms with Crippen LogP contribution in [0.4, 0.5) is 0 Å². The first kappa shape index (κ1) is 13.6. The predicted molar refractivity (Wildman–Crippen MR) is 80.3 cm³/mol. The van der Waals surface area contributed by atoms with Gasteiger partial charge in [-0.3, -0.25) is 0 Å². The third-order valence-electron chi connectivity index (χ3n) is 3.60. The van der Waals surface area contributed by atoms with Crippen molar-refractivity contribution in [3.63, 3.8) is 0 Å². The molecular weight excluding hydrogens is 236 g/mol. The van der Waals surface area contributed by atoms with E-state index < -0.39 is 8.32 Å². The van der Waals surface area contributed by atoms with E-state index in [1.165, 1.54) is 35.6 Å². The zero-order valence-corrected chi connectivity index (χ0v) is 12.8. The SMILES string of the molecule is C=C(C)Cc1ccccc1C1CCC[Si](C)(C)O1. The van der Waals surface area contributed by atoms with Gasteiger partial charge < -0.3 is 4.43 Å². The molecule has 0 saturated carbocycles. The molecule has 0 radical (unpaired) electrons. The Balaban J connectivity index is 2.24. The monoisotopic (exact) mass is 260 g/mol. The minimum Gasteiger partial charge on any atom is -0.410 e. The molecule has 98 valence electrons. The first-order chi connectivity index (χ1) is 8.48. The molecule has 18 heavy (non-hydrogen) atoms. The van der Waals surface area contributed by atoms with Gasteiger partial charge in [-0.25, -0.2) is 0 Å². The van der Waals surface area contributed by atoms with Crippen molar-refractivity contribution in [2.24, 2.45) is 0 Å². The Hall–Kier alpha value is -0.863. The number of rotatable bonds is 3. The molecule has 1 saturated heterocycles. The van der Waals surface area contributed by atoms with E-state index in [1.54, 1.807) is 0 Å². The largest absolute Gasteiger partial charge is 0.410 e. The summed E-state index contributed by atoms with van der Waals surface area (Å²) in [7, 11) is -1.42. The average Bonchev–Trinajstić information content (AvgIpc) is 2.27. The molecule has 0 aliphatic carbocycles. The zero-order chi connectivity index (χ0) is 13.2. The molecule has 1 heterocycles. The van der Waals surface area contributed by atoms with Crippen LogP contribution in [0.5, 0.6) is 0 Å². The van der Waals surface area contributed by atoms with E-state index in [2.05, 4.69) is 50.9 Å². The van der Waals surface area contributed by atoms with Crippen molar-refractivity contribution in [2.45, 2.75) is 51.4 Å². The van der Waals surface area contributed by atoms with Crippen LogP contribution >= 0.6 is 0 Å². The van der Waals surface area contributed by atoms with E-state index in [0.29, 0.717) is 6.10 Å². The van der Waals surface area contributed by atoms with Crippen LogP contribution in [0.2, 0.25) is 19.1 Å². The highest BCUT2D eigenvalue weighted by Crippen LogP contribution is 2.36. The van der Waals surface area contributed by atoms with Crippen LogP contribution in [-0.4, -0.2) is 8.32 Å². The lowest BCUT2D eigenvalue weighted by Crippen LogP contribution is -2.36. The summed E-state index contributed by atoms with van der Waals surface area (Å²) in [4.78, 5) is 0. The van der Waals surface area contributed by atoms with Gasteiger partial charge in [-0.05, 0) is 50.0 Å². The fraction of sp³-hybridized carbons (Fsp3) is 0.500. The fourth-order valence-electron chi connectivity index (χ4n) is 2.77. The summed E-state index contributed by atoms with van der Waals surface area (Å²) in [5.41, 5.74) is 4.00. The van der Waals surface area contributed by atoms with Crippen LogP contribution in [0.15, 0.2) is 36.4 Å². The zero-order valence-electron chi connectivity index (χ0n) is 11.8. The highest BCUT2D eigenvalue weighted by molar-refractivity contribution is 6.71. The van der Waals surface area contributed by atoms with E-state index >= 15 is 0 Å². The number of allylic oxidation sites excluding steroid dienone is 1. The van der Waals surface area contributed by atoms with Crippen molar-refractivity contribution >= 4 is 8.32 Å². The van der Waals surface area contributed by atoms with Crippen LogP contribution in [0.3, 0.4) is 0 Å². The van der Waals surface area contributed by atoms with Gasteiger partial charge in [0.2, 0.25) is 0 Å². The molecule has 0 N–H and O–H groups in total. The van der Waals surface area contributed by atoms with Crippen molar-refractivity contribution in [3.05, 3.63) is 47.5 Å². The number of hydrogen-bond acceptors (Lipinski definition) is 1. The van der Waals surface area contributed by atoms with Gasteiger partial charge in [0.15, 0.2) is 8.32 Å². The molecule has 1 aromatic carbocycles. The molecule has 1 unspecified atom stereocenters. The first-order valence-electron chi connectivity index (χ1n) is 6.88. The third-order valence-corrected chi connectivity index (χ3v) is 6.08. The molecule has 0 spiro atoms. The molecule has 0 bridgehead atoms. The van der Waals surface area contributed by atoms with Gasteiger partial charge >= 0.3 is 0 Å². The topological polar surface area (TPSA) is 9.23 Å². The summed E-state index contributed by atoms with van der Waals surface area (Å²) in [5.74, 6) is 0. The molecule has 1 nitrogen and oxygen atoms in total. The van der Waals surface area contributed by atoms with Gasteiger partial charge in [-0.2, -0.15) is 0 Å². The lowest BCUT2D eigenvalue weighted by atomic mass is 9.95. The smallest absolute Gasteiger partial charge is 0.187 e. The van der Waals surface area contributed by atoms with Gasteiger partial charge in [-0.15, -0.1) is 0 Å². The van der Waals surface area contributed by atoms with Gasteiger partial charge in [0, 0.05) is 0 Å². The van der Waals surface area contributed by atoms with E-state index in [1.807, 2.05) is 0 Å². The van der Waals surface area contributed by atoms with Gasteiger partial charge in [0.05, 0.1) is 6.10 Å². The summed E-state index contributed by atoms with van der Waals surface area (Å²) in [5, 5.41) is 0. The second-order valence-electron chi connectivity index (χ2n) is 6.09. The molecule has 1 aliphatic heterocycles. The molecule has 1 aromatic rings. The summed E-state index contributed by atoms with van der Waals surface area (Å²) in [6.07, 6.45) is 3.77. The van der Waals surface area contributed by atoms with Crippen molar-refractivity contribution in [2.75, 3.05) is 0 Å². The summed E-state index contributed by atoms with van der Waals surface area (Å²) < 4.78 is 6.39. The molecule has 1 fully saturated rings. The molecule has 1 atom stereocenters. The predicted octanol–water partition coefficient (Wildman–Crippen LogP) is 4.86. The summed E-state index contributed by atoms with van der Waals surface area (Å²) in [6, 6.07) is 10.00. The normalized spacial score (nSPS) is 22.7. The van der Waals surface area contributed by atoms with Crippen LogP contribution in [0.25, 0.3) is 0 Å². The Morgan fingerprint density at radius 2 is 2.11 bits per heavy atom. The Morgan fingerprint density at radius 1 is 1.39 bits per heavy atom. The van der Waals surface area contributed by atoms with Crippen LogP contribution < -0.4 is 0 Å². The summed E-state index contributed by atoms with van der Waals surface area (Å²) >= 11 is 0. The minimum atomic E-state index is -1.42. The molecular formula is C16H24OSi. The maximum absolute atomic E-state index is 6.39. The van der Waals surface area contributed by atoms with E-state index in [-0.39, 0.29) is 0 Å². The average molecular weight is 260 g/mol. The molecule has 1 aliphatic rings. The van der Waals surface area contributed by atoms with Crippen molar-refractivity contribution in [3.8, 4) is 0 Å². The van der Waals surface area contributed by atoms with Crippen LogP contribution in [0.1, 0.15) is 37.0 Å². The Labute approximate surface area is 112 Å². The lowest BCUT2D eigenvalue weighted by molar-refractivity contribution is 0.162. The second kappa shape index (κ2) is 5.41. The van der Waals surface area contributed by atoms with Crippen LogP contribution in [0, 0.1) is 0 Å². The third kappa shape index (κ3) is 3.33. The number of benzene rings is 1. The van der Waals surface area contributed by atoms with Gasteiger partial charge in [0.25, 0.3) is 0 Å². The van der Waals surface area contributed by atoms with Gasteiger partial charge in [0.1, 0.15) is 0 Å². The fourth-order valence-corrected chi connectivity index (χ4v) is 4.96. The first-order valence-corrected chi connectivity index (χ1v) is 9.99. The molecule has 0 amide bonds. The van der Waals surface area contributed by atoms with E-state index in [4.69, 9.17) is 4.43 Å². The standard InChI is InChI=1S/C16H24OSi/c1-13(2)12-14-8-5-6-9-15(14)16-10-7-11-18(3,4)17-16/h5-6,8-9,16H,1,7,10-12H2,2-4H3. The number of hydrogen-bond donors (Lipinski definition) is 0. The second-order valence-corrected chi connectivity index (χ2v) is 10.3. The van der Waals surface area contributed by atoms with Crippen LogP contribution in [-0.2, 0) is 10.8 Å². The Kier molecular flexibility index (Phi) is 4.08. The van der Waals surface area contributed by atoms with E-state index in [0.717, 1.165) is 6.42 Å². The molecule has 0 aromatic heterocycles. The van der Waals surface area contributed by atoms with Crippen molar-refractivity contribution < 1.29 is 4.43 Å². The van der Waals surface area contributed by atoms with Crippen molar-refractivity contribution in [1.82, 2.24) is 0 Å². The maximum Gasteiger partial charge on any atom is 0.187 e. The molecule has 2 heteroatoms. The lowest BCUT2D eigenvalue weighted by Gasteiger charge is -2.35. The minimum absolute atomic E-state index is 0.316. The Morgan fingerprint density at radius 3 is 2.78 bits per heavy atom. The van der Waals surface area contributed by atoms with E-state index in [9.17, 15) is 0 Å². The summed E-state index contributed by atoms with van der Waals surface area (Å²) in [6.45, 7) is 10.8. The van der Waals surface area contributed by atoms with Crippen molar-refractivity contribution in [1.29, 1.82) is 0 Å². The maximum atomic E-state index is 6.39. The van der Waals surface area contributed by atoms with Gasteiger partial charge in [-0.1, -0.05) is 42.8 Å². The highest BCUT2D eigenvalue weighted by atomic mass is 28.4. The Bertz CT molecular complexity index is 436. The highest BCUT2D eigenvalue weighted by Gasteiger charge is 2.32. The quantitative estimate of drug-likeness (QED) is 0.557. The molecule has 2 rings (SSSR count).